The molecule has 2 atom stereocenters. The molecule has 2 N–H and O–H groups in total. The molecule has 166 valence electrons. The second-order valence-electron chi connectivity index (χ2n) is 8.22. The van der Waals surface area contributed by atoms with Crippen molar-refractivity contribution >= 4 is 51.3 Å². The summed E-state index contributed by atoms with van der Waals surface area (Å²) in [7, 11) is 0. The molecule has 0 saturated carbocycles. The third-order valence-electron chi connectivity index (χ3n) is 6.24. The first-order chi connectivity index (χ1) is 15.5. The van der Waals surface area contributed by atoms with Gasteiger partial charge in [0.25, 0.3) is 0 Å². The van der Waals surface area contributed by atoms with E-state index >= 15 is 0 Å². The fraction of sp³-hybridized carbons (Fsp3) is 0.333. The molecule has 5 rings (SSSR count). The van der Waals surface area contributed by atoms with Gasteiger partial charge in [-0.3, -0.25) is 4.98 Å². The molecule has 8 heteroatoms. The Morgan fingerprint density at radius 2 is 1.75 bits per heavy atom. The molecule has 2 unspecified atom stereocenters. The van der Waals surface area contributed by atoms with Crippen molar-refractivity contribution in [3.8, 4) is 0 Å². The number of H-pyrrole nitrogens is 1. The highest BCUT2D eigenvalue weighted by Crippen LogP contribution is 2.44. The zero-order chi connectivity index (χ0) is 22.2. The summed E-state index contributed by atoms with van der Waals surface area (Å²) in [5.41, 5.74) is 6.90. The van der Waals surface area contributed by atoms with Crippen molar-refractivity contribution in [2.24, 2.45) is 0 Å². The highest BCUT2D eigenvalue weighted by atomic mass is 127. The van der Waals surface area contributed by atoms with E-state index in [9.17, 15) is 0 Å². The van der Waals surface area contributed by atoms with Gasteiger partial charge in [-0.15, -0.1) is 0 Å². The number of pyridine rings is 1. The molecule has 3 aromatic rings. The Kier molecular flexibility index (Phi) is 6.09. The van der Waals surface area contributed by atoms with E-state index in [2.05, 4.69) is 91.9 Å². The Morgan fingerprint density at radius 3 is 2.38 bits per heavy atom. The molecular weight excluding hydrogens is 533 g/mol. The molecule has 32 heavy (non-hydrogen) atoms. The van der Waals surface area contributed by atoms with Crippen molar-refractivity contribution < 1.29 is 4.74 Å². The van der Waals surface area contributed by atoms with E-state index in [4.69, 9.17) is 17.0 Å². The van der Waals surface area contributed by atoms with E-state index in [1.807, 2.05) is 18.3 Å². The highest BCUT2D eigenvalue weighted by molar-refractivity contribution is 14.1. The average Bonchev–Trinajstić information content (AvgIpc) is 3.29. The van der Waals surface area contributed by atoms with Gasteiger partial charge in [0.1, 0.15) is 0 Å². The molecule has 2 saturated heterocycles. The Balaban J connectivity index is 1.56. The topological polar surface area (TPSA) is 56.4 Å². The van der Waals surface area contributed by atoms with Gasteiger partial charge < -0.3 is 24.8 Å². The maximum atomic E-state index is 5.88. The molecule has 2 aliphatic heterocycles. The summed E-state index contributed by atoms with van der Waals surface area (Å²) in [5, 5.41) is 4.28. The van der Waals surface area contributed by atoms with Crippen LogP contribution in [0.15, 0.2) is 48.7 Å². The molecule has 2 aromatic heterocycles. The third-order valence-corrected chi connectivity index (χ3v) is 7.95. The molecule has 0 radical (unpaired) electrons. The van der Waals surface area contributed by atoms with Crippen LogP contribution in [0.4, 0.5) is 11.4 Å². The monoisotopic (exact) mass is 559 g/mol. The number of hydrogen-bond acceptors (Lipinski definition) is 4. The summed E-state index contributed by atoms with van der Waals surface area (Å²) < 4.78 is 6.74. The van der Waals surface area contributed by atoms with Crippen molar-refractivity contribution in [1.82, 2.24) is 15.3 Å². The second kappa shape index (κ2) is 8.99. The minimum atomic E-state index is -0.0370. The molecule has 1 aromatic carbocycles. The van der Waals surface area contributed by atoms with Gasteiger partial charge in [0.2, 0.25) is 0 Å². The predicted octanol–water partition coefficient (Wildman–Crippen LogP) is 4.64. The van der Waals surface area contributed by atoms with Gasteiger partial charge in [-0.05, 0) is 85.1 Å². The van der Waals surface area contributed by atoms with Crippen molar-refractivity contribution in [2.45, 2.75) is 25.9 Å². The first kappa shape index (κ1) is 21.7. The van der Waals surface area contributed by atoms with Crippen molar-refractivity contribution in [3.63, 3.8) is 0 Å². The lowest BCUT2D eigenvalue weighted by Crippen LogP contribution is -2.36. The van der Waals surface area contributed by atoms with Gasteiger partial charge in [-0.25, -0.2) is 0 Å². The van der Waals surface area contributed by atoms with Crippen LogP contribution in [0.3, 0.4) is 0 Å². The number of anilines is 2. The number of aromatic nitrogens is 2. The summed E-state index contributed by atoms with van der Waals surface area (Å²) in [4.78, 5) is 12.8. The van der Waals surface area contributed by atoms with Crippen LogP contribution in [0.2, 0.25) is 0 Å². The summed E-state index contributed by atoms with van der Waals surface area (Å²) in [5.74, 6) is 0. The predicted molar refractivity (Wildman–Crippen MR) is 140 cm³/mol. The van der Waals surface area contributed by atoms with Crippen LogP contribution in [0, 0.1) is 17.4 Å². The van der Waals surface area contributed by atoms with E-state index in [-0.39, 0.29) is 12.1 Å². The maximum Gasteiger partial charge on any atom is 0.174 e. The Hall–Kier alpha value is -2.17. The number of aryl methyl sites for hydroxylation is 2. The Labute approximate surface area is 207 Å². The van der Waals surface area contributed by atoms with Crippen LogP contribution < -0.4 is 15.1 Å². The smallest absolute Gasteiger partial charge is 0.174 e. The zero-order valence-electron chi connectivity index (χ0n) is 18.1. The van der Waals surface area contributed by atoms with Gasteiger partial charge in [-0.1, -0.05) is 6.07 Å². The molecule has 2 fully saturated rings. The van der Waals surface area contributed by atoms with Crippen LogP contribution >= 0.6 is 34.8 Å². The van der Waals surface area contributed by atoms with E-state index in [0.29, 0.717) is 0 Å². The Bertz CT molecular complexity index is 1110. The van der Waals surface area contributed by atoms with E-state index < -0.39 is 0 Å². The summed E-state index contributed by atoms with van der Waals surface area (Å²) in [6, 6.07) is 14.7. The van der Waals surface area contributed by atoms with Gasteiger partial charge in [0, 0.05) is 51.2 Å². The van der Waals surface area contributed by atoms with Crippen LogP contribution in [0.5, 0.6) is 0 Å². The molecule has 0 aliphatic carbocycles. The number of aromatic amines is 1. The number of morpholine rings is 1. The van der Waals surface area contributed by atoms with Crippen LogP contribution in [0.25, 0.3) is 0 Å². The maximum absolute atomic E-state index is 5.88. The molecule has 6 nitrogen and oxygen atoms in total. The normalized spacial score (nSPS) is 21.2. The zero-order valence-corrected chi connectivity index (χ0v) is 21.1. The molecule has 0 bridgehead atoms. The standard InChI is InChI=1S/C24H26IN5OS/c1-15-20(21(25)16(2)27-15)23-22(19-5-3-4-10-26-19)28-24(32)30(23)18-8-6-17(7-9-18)29-11-13-31-14-12-29/h3-10,22-23,27H,11-14H2,1-2H3,(H,28,32). The van der Waals surface area contributed by atoms with Crippen molar-refractivity contribution in [3.05, 3.63) is 74.9 Å². The van der Waals surface area contributed by atoms with Gasteiger partial charge in [-0.2, -0.15) is 0 Å². The highest BCUT2D eigenvalue weighted by Gasteiger charge is 2.43. The summed E-state index contributed by atoms with van der Waals surface area (Å²) in [6.45, 7) is 7.67. The van der Waals surface area contributed by atoms with Crippen LogP contribution in [0.1, 0.15) is 34.7 Å². The fourth-order valence-electron chi connectivity index (χ4n) is 4.69. The van der Waals surface area contributed by atoms with Crippen molar-refractivity contribution in [1.29, 1.82) is 0 Å². The summed E-state index contributed by atoms with van der Waals surface area (Å²) >= 11 is 8.32. The number of ether oxygens (including phenoxy) is 1. The number of rotatable bonds is 4. The molecule has 0 amide bonds. The first-order valence-corrected chi connectivity index (χ1v) is 12.3. The number of halogens is 1. The fourth-order valence-corrected chi connectivity index (χ4v) is 5.90. The third kappa shape index (κ3) is 3.88. The quantitative estimate of drug-likeness (QED) is 0.359. The minimum Gasteiger partial charge on any atom is -0.378 e. The molecule has 2 aliphatic rings. The summed E-state index contributed by atoms with van der Waals surface area (Å²) in [6.07, 6.45) is 1.84. The first-order valence-electron chi connectivity index (χ1n) is 10.8. The SMILES string of the molecule is Cc1[nH]c(C)c(C2C(c3ccccn3)NC(=S)N2c2ccc(N3CCOCC3)cc2)c1I. The van der Waals surface area contributed by atoms with Gasteiger partial charge in [0.15, 0.2) is 5.11 Å². The number of nitrogens with zero attached hydrogens (tertiary/aromatic N) is 3. The number of benzene rings is 1. The largest absolute Gasteiger partial charge is 0.378 e. The molecule has 4 heterocycles. The van der Waals surface area contributed by atoms with E-state index in [0.717, 1.165) is 42.8 Å². The average molecular weight is 559 g/mol. The number of hydrogen-bond donors (Lipinski definition) is 2. The second-order valence-corrected chi connectivity index (χ2v) is 9.68. The number of thiocarbonyl (C=S) groups is 1. The van der Waals surface area contributed by atoms with Crippen molar-refractivity contribution in [2.75, 3.05) is 36.1 Å². The minimum absolute atomic E-state index is 0.00323. The number of nitrogens with one attached hydrogen (secondary N) is 2. The lowest BCUT2D eigenvalue weighted by molar-refractivity contribution is 0.122. The Morgan fingerprint density at radius 1 is 1.03 bits per heavy atom. The van der Waals surface area contributed by atoms with E-state index in [1.165, 1.54) is 26.2 Å². The molecular formula is C24H26IN5OS. The van der Waals surface area contributed by atoms with Crippen LogP contribution in [-0.2, 0) is 4.74 Å². The lowest BCUT2D eigenvalue weighted by Gasteiger charge is -2.31. The van der Waals surface area contributed by atoms with Gasteiger partial charge in [0.05, 0.1) is 31.0 Å². The van der Waals surface area contributed by atoms with Gasteiger partial charge >= 0.3 is 0 Å². The van der Waals surface area contributed by atoms with Crippen LogP contribution in [-0.4, -0.2) is 41.4 Å². The van der Waals surface area contributed by atoms with E-state index in [1.54, 1.807) is 0 Å². The molecule has 0 spiro atoms. The lowest BCUT2D eigenvalue weighted by atomic mass is 9.96.